The van der Waals surface area contributed by atoms with E-state index in [1.165, 1.54) is 18.2 Å². The minimum atomic E-state index is -4.40. The van der Waals surface area contributed by atoms with Gasteiger partial charge in [0.25, 0.3) is 0 Å². The smallest absolute Gasteiger partial charge is 0.446 e. The third-order valence-electron chi connectivity index (χ3n) is 2.76. The summed E-state index contributed by atoms with van der Waals surface area (Å²) < 4.78 is 56.5. The van der Waals surface area contributed by atoms with Crippen LogP contribution in [0.2, 0.25) is 0 Å². The van der Waals surface area contributed by atoms with E-state index in [0.29, 0.717) is 5.56 Å². The Balaban J connectivity index is 2.33. The van der Waals surface area contributed by atoms with Gasteiger partial charge in [-0.1, -0.05) is 0 Å². The standard InChI is InChI=1S/C15H8BrF4NOS/c1-8-12(2-3-13(14(8)16)23-15(18,19)20)22-11-5-9(7-21)4-10(17)6-11/h2-6H,1H3. The van der Waals surface area contributed by atoms with Gasteiger partial charge in [-0.2, -0.15) is 18.4 Å². The van der Waals surface area contributed by atoms with Crippen molar-refractivity contribution in [1.82, 2.24) is 0 Å². The Hall–Kier alpha value is -1.72. The Labute approximate surface area is 142 Å². The lowest BCUT2D eigenvalue weighted by molar-refractivity contribution is -0.0328. The monoisotopic (exact) mass is 405 g/mol. The summed E-state index contributed by atoms with van der Waals surface area (Å²) in [6.45, 7) is 1.57. The summed E-state index contributed by atoms with van der Waals surface area (Å²) >= 11 is 2.87. The van der Waals surface area contributed by atoms with E-state index < -0.39 is 11.3 Å². The van der Waals surface area contributed by atoms with E-state index in [4.69, 9.17) is 10.00 Å². The van der Waals surface area contributed by atoms with Crippen LogP contribution in [-0.4, -0.2) is 5.51 Å². The fraction of sp³-hybridized carbons (Fsp3) is 0.133. The van der Waals surface area contributed by atoms with E-state index in [1.807, 2.05) is 0 Å². The molecule has 23 heavy (non-hydrogen) atoms. The van der Waals surface area contributed by atoms with Crippen LogP contribution in [0.5, 0.6) is 11.5 Å². The molecule has 0 aromatic heterocycles. The maximum atomic E-state index is 13.4. The number of nitrogens with zero attached hydrogens (tertiary/aromatic N) is 1. The molecule has 2 aromatic rings. The van der Waals surface area contributed by atoms with Gasteiger partial charge in [0.2, 0.25) is 0 Å². The summed E-state index contributed by atoms with van der Waals surface area (Å²) in [6.07, 6.45) is 0. The summed E-state index contributed by atoms with van der Waals surface area (Å²) in [5, 5.41) is 8.81. The minimum Gasteiger partial charge on any atom is -0.457 e. The second-order valence-electron chi connectivity index (χ2n) is 4.44. The summed E-state index contributed by atoms with van der Waals surface area (Å²) in [7, 11) is 0. The number of ether oxygens (including phenoxy) is 1. The van der Waals surface area contributed by atoms with Crippen LogP contribution in [0.15, 0.2) is 39.7 Å². The van der Waals surface area contributed by atoms with Crippen LogP contribution in [0.3, 0.4) is 0 Å². The van der Waals surface area contributed by atoms with Gasteiger partial charge in [-0.25, -0.2) is 4.39 Å². The van der Waals surface area contributed by atoms with Crippen LogP contribution >= 0.6 is 27.7 Å². The van der Waals surface area contributed by atoms with Gasteiger partial charge < -0.3 is 4.74 Å². The largest absolute Gasteiger partial charge is 0.457 e. The molecule has 0 radical (unpaired) electrons. The van der Waals surface area contributed by atoms with Crippen molar-refractivity contribution in [3.05, 3.63) is 51.7 Å². The third-order valence-corrected chi connectivity index (χ3v) is 4.83. The molecule has 0 saturated carbocycles. The van der Waals surface area contributed by atoms with Gasteiger partial charge >= 0.3 is 5.51 Å². The van der Waals surface area contributed by atoms with E-state index in [1.54, 1.807) is 13.0 Å². The van der Waals surface area contributed by atoms with Gasteiger partial charge in [0.1, 0.15) is 17.3 Å². The van der Waals surface area contributed by atoms with Crippen molar-refractivity contribution in [2.75, 3.05) is 0 Å². The summed E-state index contributed by atoms with van der Waals surface area (Å²) in [5.41, 5.74) is -3.88. The van der Waals surface area contributed by atoms with Gasteiger partial charge in [-0.05, 0) is 58.9 Å². The van der Waals surface area contributed by atoms with Crippen LogP contribution in [0.25, 0.3) is 0 Å². The van der Waals surface area contributed by atoms with E-state index in [0.717, 1.165) is 12.1 Å². The quantitative estimate of drug-likeness (QED) is 0.451. The lowest BCUT2D eigenvalue weighted by Gasteiger charge is -2.14. The normalized spacial score (nSPS) is 11.2. The van der Waals surface area contributed by atoms with E-state index in [9.17, 15) is 17.6 Å². The topological polar surface area (TPSA) is 33.0 Å². The lowest BCUT2D eigenvalue weighted by Crippen LogP contribution is -2.00. The fourth-order valence-corrected chi connectivity index (χ4v) is 2.97. The maximum absolute atomic E-state index is 13.4. The highest BCUT2D eigenvalue weighted by Crippen LogP contribution is 2.43. The first kappa shape index (κ1) is 17.6. The van der Waals surface area contributed by atoms with Gasteiger partial charge in [0, 0.05) is 21.0 Å². The third kappa shape index (κ3) is 4.62. The first-order chi connectivity index (χ1) is 10.7. The maximum Gasteiger partial charge on any atom is 0.446 e. The molecule has 0 amide bonds. The SMILES string of the molecule is Cc1c(Oc2cc(F)cc(C#N)c2)ccc(SC(F)(F)F)c1Br. The van der Waals surface area contributed by atoms with Crippen molar-refractivity contribution < 1.29 is 22.3 Å². The van der Waals surface area contributed by atoms with Crippen molar-refractivity contribution in [3.63, 3.8) is 0 Å². The zero-order valence-corrected chi connectivity index (χ0v) is 13.9. The number of halogens is 5. The molecule has 0 unspecified atom stereocenters. The van der Waals surface area contributed by atoms with E-state index in [-0.39, 0.29) is 38.2 Å². The first-order valence-electron chi connectivity index (χ1n) is 6.13. The fourth-order valence-electron chi connectivity index (χ4n) is 1.77. The van der Waals surface area contributed by atoms with Crippen molar-refractivity contribution in [1.29, 1.82) is 5.26 Å². The minimum absolute atomic E-state index is 0.000642. The molecule has 2 nitrogen and oxygen atoms in total. The van der Waals surface area contributed by atoms with E-state index >= 15 is 0 Å². The van der Waals surface area contributed by atoms with Crippen LogP contribution in [0.4, 0.5) is 17.6 Å². The van der Waals surface area contributed by atoms with E-state index in [2.05, 4.69) is 15.9 Å². The number of hydrogen-bond acceptors (Lipinski definition) is 3. The summed E-state index contributed by atoms with van der Waals surface area (Å²) in [6, 6.07) is 7.91. The van der Waals surface area contributed by atoms with Crippen molar-refractivity contribution >= 4 is 27.7 Å². The van der Waals surface area contributed by atoms with Gasteiger partial charge in [0.05, 0.1) is 11.6 Å². The van der Waals surface area contributed by atoms with Crippen molar-refractivity contribution in [2.24, 2.45) is 0 Å². The highest BCUT2D eigenvalue weighted by atomic mass is 79.9. The molecule has 0 aliphatic heterocycles. The first-order valence-corrected chi connectivity index (χ1v) is 7.74. The number of thioether (sulfide) groups is 1. The Morgan fingerprint density at radius 3 is 2.52 bits per heavy atom. The molecule has 0 bridgehead atoms. The van der Waals surface area contributed by atoms with Gasteiger partial charge in [-0.15, -0.1) is 0 Å². The number of alkyl halides is 3. The Kier molecular flexibility index (Phi) is 5.22. The average molecular weight is 406 g/mol. The molecule has 0 atom stereocenters. The Morgan fingerprint density at radius 2 is 1.91 bits per heavy atom. The second kappa shape index (κ2) is 6.81. The Morgan fingerprint density at radius 1 is 1.22 bits per heavy atom. The molecule has 0 aliphatic carbocycles. The second-order valence-corrected chi connectivity index (χ2v) is 6.34. The van der Waals surface area contributed by atoms with Gasteiger partial charge in [-0.3, -0.25) is 0 Å². The molecule has 0 fully saturated rings. The molecule has 0 saturated heterocycles. The zero-order valence-electron chi connectivity index (χ0n) is 11.5. The lowest BCUT2D eigenvalue weighted by atomic mass is 10.2. The number of benzene rings is 2. The van der Waals surface area contributed by atoms with Crippen LogP contribution in [0, 0.1) is 24.1 Å². The molecular weight excluding hydrogens is 398 g/mol. The molecule has 2 aromatic carbocycles. The summed E-state index contributed by atoms with van der Waals surface area (Å²) in [5.74, 6) is -0.286. The molecule has 120 valence electrons. The number of hydrogen-bond donors (Lipinski definition) is 0. The molecule has 0 aliphatic rings. The molecular formula is C15H8BrF4NOS. The average Bonchev–Trinajstić information content (AvgIpc) is 2.45. The predicted octanol–water partition coefficient (Wildman–Crippen LogP) is 6.17. The summed E-state index contributed by atoms with van der Waals surface area (Å²) in [4.78, 5) is -0.000642. The van der Waals surface area contributed by atoms with Gasteiger partial charge in [0.15, 0.2) is 0 Å². The van der Waals surface area contributed by atoms with Crippen LogP contribution in [0.1, 0.15) is 11.1 Å². The highest BCUT2D eigenvalue weighted by Gasteiger charge is 2.30. The molecule has 0 heterocycles. The predicted molar refractivity (Wildman–Crippen MR) is 82.0 cm³/mol. The molecule has 0 N–H and O–H groups in total. The Bertz CT molecular complexity index is 786. The molecule has 2 rings (SSSR count). The van der Waals surface area contributed by atoms with Crippen molar-refractivity contribution in [2.45, 2.75) is 17.3 Å². The molecule has 0 spiro atoms. The zero-order chi connectivity index (χ0) is 17.2. The van der Waals surface area contributed by atoms with Crippen LogP contribution < -0.4 is 4.74 Å². The van der Waals surface area contributed by atoms with Crippen molar-refractivity contribution in [3.8, 4) is 17.6 Å². The molecule has 8 heteroatoms. The highest BCUT2D eigenvalue weighted by molar-refractivity contribution is 9.10. The number of rotatable bonds is 3. The number of nitriles is 1. The van der Waals surface area contributed by atoms with Crippen LogP contribution in [-0.2, 0) is 0 Å².